The van der Waals surface area contributed by atoms with Gasteiger partial charge in [-0.25, -0.2) is 0 Å². The lowest BCUT2D eigenvalue weighted by atomic mass is 10.00. The van der Waals surface area contributed by atoms with Gasteiger partial charge in [-0.15, -0.1) is 0 Å². The number of hydrogen-bond acceptors (Lipinski definition) is 6. The monoisotopic (exact) mass is 233 g/mol. The quantitative estimate of drug-likeness (QED) is 0.389. The molecule has 1 saturated carbocycles. The number of methoxy groups -OCH3 is 1. The van der Waals surface area contributed by atoms with Crippen LogP contribution in [0.1, 0.15) is 12.8 Å². The van der Waals surface area contributed by atoms with Crippen LogP contribution in [0.25, 0.3) is 0 Å². The summed E-state index contributed by atoms with van der Waals surface area (Å²) in [5.74, 6) is -0.265. The van der Waals surface area contributed by atoms with Crippen molar-refractivity contribution < 1.29 is 24.9 Å². The molecule has 6 nitrogen and oxygen atoms in total. The fourth-order valence-corrected chi connectivity index (χ4v) is 1.54. The van der Waals surface area contributed by atoms with Gasteiger partial charge in [-0.05, 0) is 18.8 Å². The molecule has 6 heteroatoms. The minimum absolute atomic E-state index is 0.163. The van der Waals surface area contributed by atoms with Crippen molar-refractivity contribution in [2.24, 2.45) is 5.92 Å². The molecule has 0 heterocycles. The van der Waals surface area contributed by atoms with Crippen LogP contribution >= 0.6 is 0 Å². The summed E-state index contributed by atoms with van der Waals surface area (Å²) in [5, 5.41) is 30.2. The first-order valence-corrected chi connectivity index (χ1v) is 5.30. The van der Waals surface area contributed by atoms with Crippen LogP contribution in [0.4, 0.5) is 0 Å². The van der Waals surface area contributed by atoms with E-state index in [-0.39, 0.29) is 5.92 Å². The van der Waals surface area contributed by atoms with Crippen LogP contribution in [-0.2, 0) is 9.53 Å². The molecule has 0 aliphatic heterocycles. The zero-order valence-corrected chi connectivity index (χ0v) is 9.35. The Morgan fingerprint density at radius 2 is 1.88 bits per heavy atom. The van der Waals surface area contributed by atoms with Gasteiger partial charge in [0.05, 0.1) is 32.5 Å². The Kier molecular flexibility index (Phi) is 4.67. The van der Waals surface area contributed by atoms with Gasteiger partial charge in [-0.3, -0.25) is 10.1 Å². The normalized spacial score (nSPS) is 18.2. The molecule has 94 valence electrons. The molecule has 1 atom stereocenters. The number of carbonyl (C=O) groups is 1. The maximum absolute atomic E-state index is 11.5. The van der Waals surface area contributed by atoms with E-state index in [2.05, 4.69) is 10.1 Å². The highest BCUT2D eigenvalue weighted by molar-refractivity contribution is 5.76. The number of aliphatic hydroxyl groups is 3. The Bertz CT molecular complexity index is 229. The predicted octanol–water partition coefficient (Wildman–Crippen LogP) is -1.76. The number of carbonyl (C=O) groups excluding carboxylic acids is 1. The molecule has 0 aromatic carbocycles. The highest BCUT2D eigenvalue weighted by atomic mass is 16.5. The summed E-state index contributed by atoms with van der Waals surface area (Å²) in [5.41, 5.74) is -1.23. The predicted molar refractivity (Wildman–Crippen MR) is 55.7 cm³/mol. The summed E-state index contributed by atoms with van der Waals surface area (Å²) in [4.78, 5) is 11.5. The molecule has 1 unspecified atom stereocenters. The van der Waals surface area contributed by atoms with E-state index < -0.39 is 37.4 Å². The first kappa shape index (κ1) is 13.4. The second-order valence-electron chi connectivity index (χ2n) is 4.24. The van der Waals surface area contributed by atoms with Crippen LogP contribution in [0.3, 0.4) is 0 Å². The summed E-state index contributed by atoms with van der Waals surface area (Å²) in [7, 11) is 1.29. The van der Waals surface area contributed by atoms with Gasteiger partial charge in [0.1, 0.15) is 6.04 Å². The fraction of sp³-hybridized carbons (Fsp3) is 0.900. The topological polar surface area (TPSA) is 99.0 Å². The molecule has 0 amide bonds. The highest BCUT2D eigenvalue weighted by Crippen LogP contribution is 2.34. The highest BCUT2D eigenvalue weighted by Gasteiger charge is 2.42. The van der Waals surface area contributed by atoms with E-state index >= 15 is 0 Å². The molecule has 4 N–H and O–H groups in total. The van der Waals surface area contributed by atoms with Gasteiger partial charge in [0.15, 0.2) is 0 Å². The van der Waals surface area contributed by atoms with Crippen molar-refractivity contribution in [3.63, 3.8) is 0 Å². The molecule has 1 aliphatic rings. The summed E-state index contributed by atoms with van der Waals surface area (Å²) < 4.78 is 4.65. The minimum atomic E-state index is -1.23. The average Bonchev–Trinajstić information content (AvgIpc) is 3.15. The number of esters is 1. The van der Waals surface area contributed by atoms with E-state index in [4.69, 9.17) is 15.3 Å². The Morgan fingerprint density at radius 3 is 2.19 bits per heavy atom. The van der Waals surface area contributed by atoms with Crippen molar-refractivity contribution in [2.75, 3.05) is 26.9 Å². The molecule has 0 aromatic rings. The lowest BCUT2D eigenvalue weighted by Gasteiger charge is -2.32. The Hall–Kier alpha value is -0.690. The maximum atomic E-state index is 11.5. The average molecular weight is 233 g/mol. The molecule has 1 aliphatic carbocycles. The Balaban J connectivity index is 2.68. The largest absolute Gasteiger partial charge is 0.468 e. The van der Waals surface area contributed by atoms with Gasteiger partial charge >= 0.3 is 5.97 Å². The third kappa shape index (κ3) is 2.91. The number of rotatable bonds is 7. The van der Waals surface area contributed by atoms with Crippen molar-refractivity contribution in [3.8, 4) is 0 Å². The second-order valence-corrected chi connectivity index (χ2v) is 4.24. The third-order valence-corrected chi connectivity index (χ3v) is 2.92. The van der Waals surface area contributed by atoms with Crippen LogP contribution < -0.4 is 5.32 Å². The van der Waals surface area contributed by atoms with Crippen LogP contribution in [0.15, 0.2) is 0 Å². The maximum Gasteiger partial charge on any atom is 0.323 e. The number of aliphatic hydroxyl groups excluding tert-OH is 3. The SMILES string of the molecule is COC(=O)C(NC(CO)(CO)CO)C1CC1. The molecule has 0 radical (unpaired) electrons. The van der Waals surface area contributed by atoms with E-state index in [1.54, 1.807) is 0 Å². The van der Waals surface area contributed by atoms with E-state index in [9.17, 15) is 4.79 Å². The number of ether oxygens (including phenoxy) is 1. The molecular formula is C10H19NO5. The van der Waals surface area contributed by atoms with E-state index in [1.165, 1.54) is 7.11 Å². The van der Waals surface area contributed by atoms with Gasteiger partial charge in [0.25, 0.3) is 0 Å². The molecule has 1 fully saturated rings. The summed E-state index contributed by atoms with van der Waals surface area (Å²) in [6, 6.07) is -0.573. The molecule has 0 spiro atoms. The van der Waals surface area contributed by atoms with E-state index in [0.29, 0.717) is 0 Å². The van der Waals surface area contributed by atoms with E-state index in [1.807, 2.05) is 0 Å². The van der Waals surface area contributed by atoms with Gasteiger partial charge in [-0.2, -0.15) is 0 Å². The van der Waals surface area contributed by atoms with Gasteiger partial charge in [0.2, 0.25) is 0 Å². The molecular weight excluding hydrogens is 214 g/mol. The molecule has 0 aromatic heterocycles. The molecule has 16 heavy (non-hydrogen) atoms. The van der Waals surface area contributed by atoms with Crippen LogP contribution in [0.5, 0.6) is 0 Å². The standard InChI is InChI=1S/C10H19NO5/c1-16-9(15)8(7-2-3-7)11-10(4-12,5-13)6-14/h7-8,11-14H,2-6H2,1H3. The lowest BCUT2D eigenvalue weighted by molar-refractivity contribution is -0.145. The van der Waals surface area contributed by atoms with Crippen LogP contribution in [-0.4, -0.2) is 59.8 Å². The third-order valence-electron chi connectivity index (χ3n) is 2.92. The van der Waals surface area contributed by atoms with Crippen molar-refractivity contribution in [2.45, 2.75) is 24.4 Å². The lowest BCUT2D eigenvalue weighted by Crippen LogP contribution is -2.61. The van der Waals surface area contributed by atoms with E-state index in [0.717, 1.165) is 12.8 Å². The smallest absolute Gasteiger partial charge is 0.323 e. The second kappa shape index (κ2) is 5.58. The molecule has 1 rings (SSSR count). The summed E-state index contributed by atoms with van der Waals surface area (Å²) in [6.07, 6.45) is 1.82. The minimum Gasteiger partial charge on any atom is -0.468 e. The summed E-state index contributed by atoms with van der Waals surface area (Å²) in [6.45, 7) is -1.33. The van der Waals surface area contributed by atoms with Crippen molar-refractivity contribution in [1.82, 2.24) is 5.32 Å². The zero-order valence-electron chi connectivity index (χ0n) is 9.35. The fourth-order valence-electron chi connectivity index (χ4n) is 1.54. The van der Waals surface area contributed by atoms with Crippen molar-refractivity contribution in [3.05, 3.63) is 0 Å². The molecule has 0 bridgehead atoms. The zero-order chi connectivity index (χ0) is 12.2. The first-order chi connectivity index (χ1) is 7.62. The van der Waals surface area contributed by atoms with Crippen LogP contribution in [0, 0.1) is 5.92 Å². The van der Waals surface area contributed by atoms with Crippen molar-refractivity contribution >= 4 is 5.97 Å². The van der Waals surface area contributed by atoms with Gasteiger partial charge < -0.3 is 20.1 Å². The van der Waals surface area contributed by atoms with Gasteiger partial charge in [-0.1, -0.05) is 0 Å². The van der Waals surface area contributed by atoms with Crippen molar-refractivity contribution in [1.29, 1.82) is 0 Å². The summed E-state index contributed by atoms with van der Waals surface area (Å²) >= 11 is 0. The number of nitrogens with one attached hydrogen (secondary N) is 1. The first-order valence-electron chi connectivity index (χ1n) is 5.30. The van der Waals surface area contributed by atoms with Gasteiger partial charge in [0, 0.05) is 0 Å². The van der Waals surface area contributed by atoms with Crippen LogP contribution in [0.2, 0.25) is 0 Å². The number of hydrogen-bond donors (Lipinski definition) is 4. The Labute approximate surface area is 94.2 Å². The Morgan fingerprint density at radius 1 is 1.38 bits per heavy atom. The molecule has 0 saturated heterocycles.